The normalized spacial score (nSPS) is 10.1. The van der Waals surface area contributed by atoms with E-state index in [0.717, 1.165) is 15.8 Å². The van der Waals surface area contributed by atoms with Crippen LogP contribution < -0.4 is 10.6 Å². The van der Waals surface area contributed by atoms with Gasteiger partial charge in [-0.2, -0.15) is 0 Å². The Balaban J connectivity index is 1.68. The van der Waals surface area contributed by atoms with E-state index in [1.807, 2.05) is 30.3 Å². The van der Waals surface area contributed by atoms with Crippen LogP contribution >= 0.6 is 15.9 Å². The summed E-state index contributed by atoms with van der Waals surface area (Å²) >= 11 is 3.48. The Morgan fingerprint density at radius 3 is 2.57 bits per heavy atom. The first-order chi connectivity index (χ1) is 11.2. The van der Waals surface area contributed by atoms with E-state index < -0.39 is 0 Å². The van der Waals surface area contributed by atoms with E-state index in [4.69, 9.17) is 0 Å². The van der Waals surface area contributed by atoms with Crippen LogP contribution in [-0.4, -0.2) is 15.9 Å². The minimum atomic E-state index is -0.239. The van der Waals surface area contributed by atoms with E-state index in [1.165, 1.54) is 6.20 Å². The van der Waals surface area contributed by atoms with E-state index in [2.05, 4.69) is 36.5 Å². The van der Waals surface area contributed by atoms with Crippen LogP contribution in [0.25, 0.3) is 0 Å². The molecule has 5 nitrogen and oxygen atoms in total. The summed E-state index contributed by atoms with van der Waals surface area (Å²) in [7, 11) is 0. The highest BCUT2D eigenvalue weighted by Crippen LogP contribution is 2.25. The molecule has 0 saturated heterocycles. The molecule has 0 aliphatic carbocycles. The first-order valence-corrected chi connectivity index (χ1v) is 7.71. The van der Waals surface area contributed by atoms with Gasteiger partial charge in [0.05, 0.1) is 23.1 Å². The van der Waals surface area contributed by atoms with Gasteiger partial charge in [-0.3, -0.25) is 9.78 Å². The Hall–Kier alpha value is -2.73. The number of pyridine rings is 2. The summed E-state index contributed by atoms with van der Waals surface area (Å²) in [5, 5.41) is 5.99. The average molecular weight is 369 g/mol. The molecule has 2 aromatic heterocycles. The molecule has 0 fully saturated rings. The number of hydrogen-bond acceptors (Lipinski definition) is 4. The second kappa shape index (κ2) is 7.02. The number of benzene rings is 1. The quantitative estimate of drug-likeness (QED) is 0.722. The largest absolute Gasteiger partial charge is 0.353 e. The Bertz CT molecular complexity index is 806. The molecule has 0 radical (unpaired) electrons. The lowest BCUT2D eigenvalue weighted by atomic mass is 10.2. The van der Waals surface area contributed by atoms with Crippen molar-refractivity contribution >= 4 is 39.0 Å². The van der Waals surface area contributed by atoms with Crippen LogP contribution in [0.1, 0.15) is 10.4 Å². The highest BCUT2D eigenvalue weighted by atomic mass is 79.9. The van der Waals surface area contributed by atoms with E-state index in [0.29, 0.717) is 11.4 Å². The van der Waals surface area contributed by atoms with Gasteiger partial charge in [-0.25, -0.2) is 4.98 Å². The van der Waals surface area contributed by atoms with Crippen molar-refractivity contribution in [1.29, 1.82) is 0 Å². The SMILES string of the molecule is O=C(Nc1ccc(Nc2ccccc2Br)cn1)c1cccnc1. The zero-order chi connectivity index (χ0) is 16.1. The predicted molar refractivity (Wildman–Crippen MR) is 93.9 cm³/mol. The first kappa shape index (κ1) is 15.2. The molecule has 2 heterocycles. The second-order valence-electron chi connectivity index (χ2n) is 4.73. The van der Waals surface area contributed by atoms with E-state index in [9.17, 15) is 4.79 Å². The number of anilines is 3. The molecule has 23 heavy (non-hydrogen) atoms. The third-order valence-electron chi connectivity index (χ3n) is 3.08. The van der Waals surface area contributed by atoms with Crippen LogP contribution in [0.15, 0.2) is 71.6 Å². The highest BCUT2D eigenvalue weighted by molar-refractivity contribution is 9.10. The number of amides is 1. The van der Waals surface area contributed by atoms with Gasteiger partial charge in [0.25, 0.3) is 5.91 Å². The molecule has 0 aliphatic heterocycles. The lowest BCUT2D eigenvalue weighted by Crippen LogP contribution is -2.13. The van der Waals surface area contributed by atoms with Crippen molar-refractivity contribution in [3.8, 4) is 0 Å². The maximum Gasteiger partial charge on any atom is 0.258 e. The monoisotopic (exact) mass is 368 g/mol. The van der Waals surface area contributed by atoms with Gasteiger partial charge in [0.1, 0.15) is 5.82 Å². The minimum Gasteiger partial charge on any atom is -0.353 e. The van der Waals surface area contributed by atoms with Crippen LogP contribution in [0.2, 0.25) is 0 Å². The van der Waals surface area contributed by atoms with Crippen molar-refractivity contribution in [3.05, 3.63) is 77.2 Å². The fourth-order valence-corrected chi connectivity index (χ4v) is 2.33. The number of nitrogens with one attached hydrogen (secondary N) is 2. The fraction of sp³-hybridized carbons (Fsp3) is 0. The number of para-hydroxylation sites is 1. The standard InChI is InChI=1S/C17H13BrN4O/c18-14-5-1-2-6-15(14)21-13-7-8-16(20-11-13)22-17(23)12-4-3-9-19-10-12/h1-11,21H,(H,20,22,23). The predicted octanol–water partition coefficient (Wildman–Crippen LogP) is 4.24. The van der Waals surface area contributed by atoms with E-state index in [1.54, 1.807) is 30.6 Å². The summed E-state index contributed by atoms with van der Waals surface area (Å²) in [4.78, 5) is 20.2. The number of rotatable bonds is 4. The van der Waals surface area contributed by atoms with Crippen LogP contribution in [-0.2, 0) is 0 Å². The smallest absolute Gasteiger partial charge is 0.258 e. The molecule has 6 heteroatoms. The van der Waals surface area contributed by atoms with Gasteiger partial charge >= 0.3 is 0 Å². The third kappa shape index (κ3) is 3.92. The topological polar surface area (TPSA) is 66.9 Å². The zero-order valence-corrected chi connectivity index (χ0v) is 13.6. The lowest BCUT2D eigenvalue weighted by molar-refractivity contribution is 0.102. The van der Waals surface area contributed by atoms with Crippen molar-refractivity contribution < 1.29 is 4.79 Å². The Kier molecular flexibility index (Phi) is 4.63. The summed E-state index contributed by atoms with van der Waals surface area (Å²) < 4.78 is 0.967. The number of halogens is 1. The van der Waals surface area contributed by atoms with Crippen molar-refractivity contribution in [2.75, 3.05) is 10.6 Å². The molecule has 3 aromatic rings. The van der Waals surface area contributed by atoms with Gasteiger partial charge in [-0.15, -0.1) is 0 Å². The Morgan fingerprint density at radius 2 is 1.87 bits per heavy atom. The number of carbonyl (C=O) groups excluding carboxylic acids is 1. The second-order valence-corrected chi connectivity index (χ2v) is 5.59. The average Bonchev–Trinajstić information content (AvgIpc) is 2.59. The minimum absolute atomic E-state index is 0.239. The summed E-state index contributed by atoms with van der Waals surface area (Å²) in [6.07, 6.45) is 4.80. The van der Waals surface area contributed by atoms with E-state index in [-0.39, 0.29) is 5.91 Å². The molecule has 0 unspecified atom stereocenters. The Morgan fingerprint density at radius 1 is 1.00 bits per heavy atom. The molecule has 1 aromatic carbocycles. The first-order valence-electron chi connectivity index (χ1n) is 6.91. The van der Waals surface area contributed by atoms with Crippen LogP contribution in [0.5, 0.6) is 0 Å². The van der Waals surface area contributed by atoms with Crippen LogP contribution in [0, 0.1) is 0 Å². The van der Waals surface area contributed by atoms with Crippen molar-refractivity contribution in [3.63, 3.8) is 0 Å². The molecule has 0 atom stereocenters. The van der Waals surface area contributed by atoms with Gasteiger partial charge in [0.15, 0.2) is 0 Å². The lowest BCUT2D eigenvalue weighted by Gasteiger charge is -2.09. The van der Waals surface area contributed by atoms with Gasteiger partial charge in [0.2, 0.25) is 0 Å². The van der Waals surface area contributed by atoms with Gasteiger partial charge in [0, 0.05) is 16.9 Å². The molecule has 0 aliphatic rings. The third-order valence-corrected chi connectivity index (χ3v) is 3.77. The maximum atomic E-state index is 12.0. The summed E-state index contributed by atoms with van der Waals surface area (Å²) in [5.41, 5.74) is 2.27. The zero-order valence-electron chi connectivity index (χ0n) is 12.0. The molecule has 3 rings (SSSR count). The fourth-order valence-electron chi connectivity index (χ4n) is 1.95. The molecule has 0 spiro atoms. The summed E-state index contributed by atoms with van der Waals surface area (Å²) in [6.45, 7) is 0. The maximum absolute atomic E-state index is 12.0. The van der Waals surface area contributed by atoms with Crippen molar-refractivity contribution in [2.24, 2.45) is 0 Å². The number of hydrogen-bond donors (Lipinski definition) is 2. The summed E-state index contributed by atoms with van der Waals surface area (Å²) in [5.74, 6) is 0.244. The van der Waals surface area contributed by atoms with Gasteiger partial charge < -0.3 is 10.6 Å². The summed E-state index contributed by atoms with van der Waals surface area (Å²) in [6, 6.07) is 14.8. The molecule has 1 amide bonds. The van der Waals surface area contributed by atoms with Crippen molar-refractivity contribution in [2.45, 2.75) is 0 Å². The molecular formula is C17H13BrN4O. The molecule has 0 saturated carbocycles. The number of carbonyl (C=O) groups is 1. The van der Waals surface area contributed by atoms with Crippen LogP contribution in [0.4, 0.5) is 17.2 Å². The number of nitrogens with zero attached hydrogens (tertiary/aromatic N) is 2. The molecular weight excluding hydrogens is 356 g/mol. The molecule has 114 valence electrons. The van der Waals surface area contributed by atoms with Crippen molar-refractivity contribution in [1.82, 2.24) is 9.97 Å². The molecule has 2 N–H and O–H groups in total. The van der Waals surface area contributed by atoms with Gasteiger partial charge in [-0.05, 0) is 52.3 Å². The van der Waals surface area contributed by atoms with Gasteiger partial charge in [-0.1, -0.05) is 12.1 Å². The number of aromatic nitrogens is 2. The highest BCUT2D eigenvalue weighted by Gasteiger charge is 2.06. The van der Waals surface area contributed by atoms with Crippen LogP contribution in [0.3, 0.4) is 0 Å². The Labute approximate surface area is 141 Å². The van der Waals surface area contributed by atoms with E-state index >= 15 is 0 Å². The molecule has 0 bridgehead atoms.